The number of aromatic hydroxyl groups is 1. The summed E-state index contributed by atoms with van der Waals surface area (Å²) in [6.45, 7) is 2.67. The summed E-state index contributed by atoms with van der Waals surface area (Å²) in [4.78, 5) is 13.1. The van der Waals surface area contributed by atoms with Crippen molar-refractivity contribution in [2.24, 2.45) is 5.92 Å². The summed E-state index contributed by atoms with van der Waals surface area (Å²) in [6, 6.07) is 11.0. The highest BCUT2D eigenvalue weighted by Crippen LogP contribution is 2.33. The molecule has 9 nitrogen and oxygen atoms in total. The normalized spacial score (nSPS) is 19.5. The van der Waals surface area contributed by atoms with E-state index >= 15 is 0 Å². The largest absolute Gasteiger partial charge is 0.506 e. The summed E-state index contributed by atoms with van der Waals surface area (Å²) in [5.41, 5.74) is 1.49. The summed E-state index contributed by atoms with van der Waals surface area (Å²) < 4.78 is 52.8. The number of amides is 1. The lowest BCUT2D eigenvalue weighted by atomic mass is 9.97. The number of phenols is 1. The van der Waals surface area contributed by atoms with E-state index in [-0.39, 0.29) is 41.1 Å². The Kier molecular flexibility index (Phi) is 6.39. The molecule has 2 aliphatic heterocycles. The standard InChI is InChI=1S/C22H27N3O6S2/c1-16-3-6-19(7-4-16)33(30,31)24-12-9-17(10-13-24)22(27)23-20-15-18(5-8-21(20)26)25-11-2-14-32(25,28)29/h3-8,15,17,26H,2,9-14H2,1H3,(H,23,27). The van der Waals surface area contributed by atoms with E-state index in [2.05, 4.69) is 5.32 Å². The van der Waals surface area contributed by atoms with Crippen LogP contribution < -0.4 is 9.62 Å². The molecule has 178 valence electrons. The van der Waals surface area contributed by atoms with Gasteiger partial charge in [0.1, 0.15) is 5.75 Å². The number of rotatable bonds is 5. The van der Waals surface area contributed by atoms with Crippen LogP contribution in [-0.2, 0) is 24.8 Å². The molecule has 2 aliphatic rings. The predicted molar refractivity (Wildman–Crippen MR) is 125 cm³/mol. The number of nitrogens with one attached hydrogen (secondary N) is 1. The zero-order valence-electron chi connectivity index (χ0n) is 18.3. The van der Waals surface area contributed by atoms with Gasteiger partial charge in [-0.05, 0) is 56.5 Å². The molecule has 0 aromatic heterocycles. The lowest BCUT2D eigenvalue weighted by Crippen LogP contribution is -2.41. The van der Waals surface area contributed by atoms with Gasteiger partial charge in [-0.15, -0.1) is 0 Å². The van der Waals surface area contributed by atoms with Gasteiger partial charge in [0.15, 0.2) is 0 Å². The van der Waals surface area contributed by atoms with Gasteiger partial charge in [0.25, 0.3) is 0 Å². The van der Waals surface area contributed by atoms with Crippen molar-refractivity contribution in [1.29, 1.82) is 0 Å². The number of carbonyl (C=O) groups is 1. The summed E-state index contributed by atoms with van der Waals surface area (Å²) in [5.74, 6) is -0.852. The van der Waals surface area contributed by atoms with Crippen LogP contribution >= 0.6 is 0 Å². The first-order chi connectivity index (χ1) is 15.6. The molecule has 0 saturated carbocycles. The first-order valence-corrected chi connectivity index (χ1v) is 13.8. The molecule has 0 bridgehead atoms. The fourth-order valence-corrected chi connectivity index (χ4v) is 7.19. The first kappa shape index (κ1) is 23.5. The predicted octanol–water partition coefficient (Wildman–Crippen LogP) is 2.28. The van der Waals surface area contributed by atoms with Crippen LogP contribution in [0.5, 0.6) is 5.75 Å². The van der Waals surface area contributed by atoms with E-state index in [4.69, 9.17) is 0 Å². The molecule has 2 aromatic rings. The minimum Gasteiger partial charge on any atom is -0.506 e. The van der Waals surface area contributed by atoms with Crippen LogP contribution in [0.4, 0.5) is 11.4 Å². The van der Waals surface area contributed by atoms with Gasteiger partial charge in [-0.1, -0.05) is 17.7 Å². The second-order valence-corrected chi connectivity index (χ2v) is 12.4. The number of benzene rings is 2. The third-order valence-electron chi connectivity index (χ3n) is 6.11. The Morgan fingerprint density at radius 3 is 2.33 bits per heavy atom. The summed E-state index contributed by atoms with van der Waals surface area (Å²) in [6.07, 6.45) is 1.21. The van der Waals surface area contributed by atoms with Crippen LogP contribution in [0.3, 0.4) is 0 Å². The number of anilines is 2. The maximum atomic E-state index is 12.9. The molecule has 0 aliphatic carbocycles. The first-order valence-electron chi connectivity index (χ1n) is 10.8. The fraction of sp³-hybridized carbons (Fsp3) is 0.409. The zero-order chi connectivity index (χ0) is 23.8. The molecule has 1 amide bonds. The fourth-order valence-electron chi connectivity index (χ4n) is 4.16. The number of phenolic OH excluding ortho intramolecular Hbond substituents is 1. The molecule has 0 unspecified atom stereocenters. The van der Waals surface area contributed by atoms with Gasteiger partial charge < -0.3 is 10.4 Å². The van der Waals surface area contributed by atoms with Crippen molar-refractivity contribution < 1.29 is 26.7 Å². The molecule has 33 heavy (non-hydrogen) atoms. The second kappa shape index (κ2) is 8.96. The molecule has 2 saturated heterocycles. The van der Waals surface area contributed by atoms with Gasteiger partial charge in [0.2, 0.25) is 26.0 Å². The maximum Gasteiger partial charge on any atom is 0.243 e. The Balaban J connectivity index is 1.41. The van der Waals surface area contributed by atoms with Crippen LogP contribution in [0.1, 0.15) is 24.8 Å². The highest BCUT2D eigenvalue weighted by molar-refractivity contribution is 7.93. The Bertz CT molecular complexity index is 1250. The minimum atomic E-state index is -3.62. The van der Waals surface area contributed by atoms with E-state index in [1.165, 1.54) is 26.8 Å². The van der Waals surface area contributed by atoms with Gasteiger partial charge in [0, 0.05) is 25.6 Å². The Labute approximate surface area is 194 Å². The molecule has 0 atom stereocenters. The monoisotopic (exact) mass is 493 g/mol. The topological polar surface area (TPSA) is 124 Å². The Morgan fingerprint density at radius 1 is 1.06 bits per heavy atom. The lowest BCUT2D eigenvalue weighted by Gasteiger charge is -2.30. The summed E-state index contributed by atoms with van der Waals surface area (Å²) in [7, 11) is -7.01. The summed E-state index contributed by atoms with van der Waals surface area (Å²) >= 11 is 0. The number of sulfonamides is 2. The van der Waals surface area contributed by atoms with E-state index in [1.807, 2.05) is 6.92 Å². The van der Waals surface area contributed by atoms with Crippen LogP contribution in [0.25, 0.3) is 0 Å². The molecule has 2 fully saturated rings. The SMILES string of the molecule is Cc1ccc(S(=O)(=O)N2CCC(C(=O)Nc3cc(N4CCCS4(=O)=O)ccc3O)CC2)cc1. The molecule has 2 aromatic carbocycles. The Morgan fingerprint density at radius 2 is 1.73 bits per heavy atom. The van der Waals surface area contributed by atoms with Crippen molar-refractivity contribution in [1.82, 2.24) is 4.31 Å². The van der Waals surface area contributed by atoms with E-state index in [0.29, 0.717) is 31.5 Å². The number of carbonyl (C=O) groups excluding carboxylic acids is 1. The zero-order valence-corrected chi connectivity index (χ0v) is 19.9. The van der Waals surface area contributed by atoms with Crippen molar-refractivity contribution in [3.05, 3.63) is 48.0 Å². The van der Waals surface area contributed by atoms with E-state index in [9.17, 15) is 26.7 Å². The number of hydrogen-bond acceptors (Lipinski definition) is 6. The van der Waals surface area contributed by atoms with Crippen molar-refractivity contribution in [3.63, 3.8) is 0 Å². The van der Waals surface area contributed by atoms with Crippen LogP contribution in [0, 0.1) is 12.8 Å². The smallest absolute Gasteiger partial charge is 0.243 e. The third kappa shape index (κ3) is 4.85. The van der Waals surface area contributed by atoms with Crippen molar-refractivity contribution in [2.45, 2.75) is 31.1 Å². The third-order valence-corrected chi connectivity index (χ3v) is 9.89. The minimum absolute atomic E-state index is 0.0691. The van der Waals surface area contributed by atoms with E-state index in [0.717, 1.165) is 5.56 Å². The summed E-state index contributed by atoms with van der Waals surface area (Å²) in [5, 5.41) is 12.9. The molecule has 11 heteroatoms. The van der Waals surface area contributed by atoms with Gasteiger partial charge in [-0.2, -0.15) is 4.31 Å². The lowest BCUT2D eigenvalue weighted by molar-refractivity contribution is -0.120. The molecule has 2 heterocycles. The van der Waals surface area contributed by atoms with E-state index in [1.54, 1.807) is 24.3 Å². The average Bonchev–Trinajstić information content (AvgIpc) is 3.14. The number of piperidine rings is 1. The molecule has 4 rings (SSSR count). The molecular formula is C22H27N3O6S2. The van der Waals surface area contributed by atoms with Crippen LogP contribution in [-0.4, -0.2) is 57.5 Å². The highest BCUT2D eigenvalue weighted by atomic mass is 32.2. The molecule has 0 spiro atoms. The van der Waals surface area contributed by atoms with Crippen LogP contribution in [0.15, 0.2) is 47.4 Å². The second-order valence-electron chi connectivity index (χ2n) is 8.42. The van der Waals surface area contributed by atoms with Crippen molar-refractivity contribution in [2.75, 3.05) is 35.0 Å². The number of hydrogen-bond donors (Lipinski definition) is 2. The molecule has 2 N–H and O–H groups in total. The average molecular weight is 494 g/mol. The maximum absolute atomic E-state index is 12.9. The number of nitrogens with zero attached hydrogens (tertiary/aromatic N) is 2. The van der Waals surface area contributed by atoms with Crippen molar-refractivity contribution in [3.8, 4) is 5.75 Å². The number of aryl methyl sites for hydroxylation is 1. The quantitative estimate of drug-likeness (QED) is 0.616. The van der Waals surface area contributed by atoms with Gasteiger partial charge >= 0.3 is 0 Å². The van der Waals surface area contributed by atoms with Gasteiger partial charge in [-0.3, -0.25) is 9.10 Å². The van der Waals surface area contributed by atoms with Gasteiger partial charge in [0.05, 0.1) is 22.0 Å². The van der Waals surface area contributed by atoms with Gasteiger partial charge in [-0.25, -0.2) is 16.8 Å². The molecule has 0 radical (unpaired) electrons. The Hall–Kier alpha value is -2.63. The van der Waals surface area contributed by atoms with E-state index < -0.39 is 26.0 Å². The highest BCUT2D eigenvalue weighted by Gasteiger charge is 2.33. The van der Waals surface area contributed by atoms with Crippen LogP contribution in [0.2, 0.25) is 0 Å². The molecular weight excluding hydrogens is 466 g/mol. The van der Waals surface area contributed by atoms with Crippen molar-refractivity contribution >= 4 is 37.3 Å².